The fourth-order valence-corrected chi connectivity index (χ4v) is 6.24. The fraction of sp³-hybridized carbons (Fsp3) is 0.435. The van der Waals surface area contributed by atoms with Crippen molar-refractivity contribution in [2.45, 2.75) is 42.2 Å². The summed E-state index contributed by atoms with van der Waals surface area (Å²) in [5, 5.41) is 11.3. The van der Waals surface area contributed by atoms with Crippen LogP contribution in [-0.4, -0.2) is 60.4 Å². The van der Waals surface area contributed by atoms with Crippen LogP contribution in [-0.2, 0) is 14.8 Å². The van der Waals surface area contributed by atoms with E-state index in [9.17, 15) is 18.3 Å². The molecule has 0 radical (unpaired) electrons. The molecule has 1 aromatic heterocycles. The van der Waals surface area contributed by atoms with Crippen molar-refractivity contribution in [3.63, 3.8) is 0 Å². The first-order valence-electron chi connectivity index (χ1n) is 10.5. The highest BCUT2D eigenvalue weighted by Crippen LogP contribution is 2.42. The van der Waals surface area contributed by atoms with Crippen molar-refractivity contribution in [1.29, 1.82) is 0 Å². The van der Waals surface area contributed by atoms with Crippen LogP contribution in [0.25, 0.3) is 6.08 Å². The Morgan fingerprint density at radius 3 is 2.74 bits per heavy atom. The summed E-state index contributed by atoms with van der Waals surface area (Å²) in [5.74, 6) is -0.137. The molecule has 2 heterocycles. The maximum atomic E-state index is 13.0. The molecular weight excluding hydrogens is 416 g/mol. The molecule has 0 unspecified atom stereocenters. The van der Waals surface area contributed by atoms with Gasteiger partial charge >= 0.3 is 0 Å². The first kappa shape index (κ1) is 21.8. The minimum atomic E-state index is -3.63. The molecule has 0 spiro atoms. The maximum absolute atomic E-state index is 13.0. The summed E-state index contributed by atoms with van der Waals surface area (Å²) in [7, 11) is -1.85. The third kappa shape index (κ3) is 4.46. The molecule has 1 aliphatic heterocycles. The number of sulfonamides is 1. The molecule has 1 aliphatic carbocycles. The molecule has 1 aromatic carbocycles. The van der Waals surface area contributed by atoms with Crippen molar-refractivity contribution in [3.05, 3.63) is 60.6 Å². The summed E-state index contributed by atoms with van der Waals surface area (Å²) in [6.07, 6.45) is 8.71. The number of nitrogens with zero attached hydrogens (tertiary/aromatic N) is 2. The van der Waals surface area contributed by atoms with Gasteiger partial charge in [0.05, 0.1) is 23.0 Å². The molecule has 1 N–H and O–H groups in total. The first-order chi connectivity index (χ1) is 14.8. The van der Waals surface area contributed by atoms with Crippen LogP contribution in [0, 0.1) is 5.92 Å². The summed E-state index contributed by atoms with van der Waals surface area (Å²) < 4.78 is 32.4. The zero-order chi connectivity index (χ0) is 22.1. The Labute approximate surface area is 183 Å². The van der Waals surface area contributed by atoms with E-state index in [0.29, 0.717) is 32.2 Å². The third-order valence-electron chi connectivity index (χ3n) is 6.64. The van der Waals surface area contributed by atoms with E-state index in [1.165, 1.54) is 10.4 Å². The predicted molar refractivity (Wildman–Crippen MR) is 116 cm³/mol. The van der Waals surface area contributed by atoms with Crippen LogP contribution in [0.2, 0.25) is 0 Å². The molecule has 2 fully saturated rings. The standard InChI is InChI=1S/C23H28N2O5S/c1-24(22(26)8-7-18-11-14-30-16-18)20-9-12-23(27)17-25(13-10-19(23)15-20)31(28,29)21-5-3-2-4-6-21/h2-8,11,14,16,19-20,27H,9-10,12-13,15,17H2,1H3/b8-7+/t19-,20+,23-/m0/s1. The summed E-state index contributed by atoms with van der Waals surface area (Å²) in [6, 6.07) is 10.1. The van der Waals surface area contributed by atoms with Crippen molar-refractivity contribution in [1.82, 2.24) is 9.21 Å². The second-order valence-corrected chi connectivity index (χ2v) is 10.4. The van der Waals surface area contributed by atoms with E-state index in [1.54, 1.807) is 66.9 Å². The van der Waals surface area contributed by atoms with Crippen molar-refractivity contribution in [2.75, 3.05) is 20.1 Å². The minimum absolute atomic E-state index is 0.0176. The van der Waals surface area contributed by atoms with Crippen molar-refractivity contribution < 1.29 is 22.7 Å². The van der Waals surface area contributed by atoms with Crippen LogP contribution < -0.4 is 0 Å². The molecule has 4 rings (SSSR count). The van der Waals surface area contributed by atoms with Crippen molar-refractivity contribution >= 4 is 22.0 Å². The maximum Gasteiger partial charge on any atom is 0.246 e. The van der Waals surface area contributed by atoms with E-state index < -0.39 is 15.6 Å². The summed E-state index contributed by atoms with van der Waals surface area (Å²) in [5.41, 5.74) is -0.237. The average molecular weight is 445 g/mol. The third-order valence-corrected chi connectivity index (χ3v) is 8.50. The topological polar surface area (TPSA) is 91.1 Å². The van der Waals surface area contributed by atoms with Gasteiger partial charge in [0, 0.05) is 37.8 Å². The number of hydrogen-bond donors (Lipinski definition) is 1. The first-order valence-corrected chi connectivity index (χ1v) is 12.0. The largest absolute Gasteiger partial charge is 0.472 e. The minimum Gasteiger partial charge on any atom is -0.472 e. The number of furan rings is 1. The van der Waals surface area contributed by atoms with Crippen LogP contribution in [0.3, 0.4) is 0 Å². The number of amides is 1. The van der Waals surface area contributed by atoms with Crippen LogP contribution in [0.5, 0.6) is 0 Å². The Kier molecular flexibility index (Phi) is 6.05. The van der Waals surface area contributed by atoms with E-state index in [-0.39, 0.29) is 29.3 Å². The van der Waals surface area contributed by atoms with Crippen LogP contribution in [0.4, 0.5) is 0 Å². The average Bonchev–Trinajstić information content (AvgIpc) is 3.30. The van der Waals surface area contributed by atoms with Crippen LogP contribution >= 0.6 is 0 Å². The van der Waals surface area contributed by atoms with E-state index in [1.807, 2.05) is 0 Å². The number of benzene rings is 1. The Morgan fingerprint density at radius 2 is 2.03 bits per heavy atom. The van der Waals surface area contributed by atoms with Gasteiger partial charge in [-0.25, -0.2) is 8.42 Å². The van der Waals surface area contributed by atoms with Gasteiger partial charge in [-0.2, -0.15) is 4.31 Å². The van der Waals surface area contributed by atoms with Gasteiger partial charge in [0.15, 0.2) is 0 Å². The number of β-amino-alcohol motifs (C(OH)–C–C–N with tert-alkyl or cyclic N) is 1. The smallest absolute Gasteiger partial charge is 0.246 e. The van der Waals surface area contributed by atoms with Gasteiger partial charge in [-0.1, -0.05) is 18.2 Å². The molecule has 2 aliphatic rings. The predicted octanol–water partition coefficient (Wildman–Crippen LogP) is 2.75. The fourth-order valence-electron chi connectivity index (χ4n) is 4.70. The molecule has 1 saturated heterocycles. The second kappa shape index (κ2) is 8.61. The van der Waals surface area contributed by atoms with Crippen LogP contribution in [0.15, 0.2) is 64.3 Å². The molecule has 2 aromatic rings. The SMILES string of the molecule is CN(C(=O)/C=C/c1ccoc1)[C@@H]1CC[C@]2(O)CN(S(=O)(=O)c3ccccc3)CC[C@H]2C1. The number of likely N-dealkylation sites (N-methyl/N-ethyl adjacent to an activating group) is 1. The molecule has 8 heteroatoms. The Bertz CT molecular complexity index is 1040. The van der Waals surface area contributed by atoms with Gasteiger partial charge in [0.2, 0.25) is 15.9 Å². The van der Waals surface area contributed by atoms with Gasteiger partial charge in [0.1, 0.15) is 0 Å². The van der Waals surface area contributed by atoms with E-state index in [2.05, 4.69) is 0 Å². The van der Waals surface area contributed by atoms with Gasteiger partial charge in [0.25, 0.3) is 0 Å². The lowest BCUT2D eigenvalue weighted by Gasteiger charge is -2.50. The summed E-state index contributed by atoms with van der Waals surface area (Å²) >= 11 is 0. The number of aliphatic hydroxyl groups is 1. The van der Waals surface area contributed by atoms with Gasteiger partial charge in [-0.3, -0.25) is 4.79 Å². The zero-order valence-electron chi connectivity index (χ0n) is 17.6. The number of fused-ring (bicyclic) bond motifs is 1. The van der Waals surface area contributed by atoms with Gasteiger partial charge in [-0.05, 0) is 55.9 Å². The Balaban J connectivity index is 1.41. The summed E-state index contributed by atoms with van der Waals surface area (Å²) in [4.78, 5) is 14.6. The highest BCUT2D eigenvalue weighted by Gasteiger charge is 2.49. The molecule has 7 nitrogen and oxygen atoms in total. The van der Waals surface area contributed by atoms with Crippen molar-refractivity contribution in [3.8, 4) is 0 Å². The molecule has 1 amide bonds. The highest BCUT2D eigenvalue weighted by molar-refractivity contribution is 7.89. The molecule has 31 heavy (non-hydrogen) atoms. The number of piperidine rings is 1. The second-order valence-electron chi connectivity index (χ2n) is 8.51. The molecule has 166 valence electrons. The molecular formula is C23H28N2O5S. The molecule has 1 saturated carbocycles. The summed E-state index contributed by atoms with van der Waals surface area (Å²) in [6.45, 7) is 0.467. The zero-order valence-corrected chi connectivity index (χ0v) is 18.4. The lowest BCUT2D eigenvalue weighted by Crippen LogP contribution is -2.59. The lowest BCUT2D eigenvalue weighted by molar-refractivity contribution is -0.133. The lowest BCUT2D eigenvalue weighted by atomic mass is 9.70. The van der Waals surface area contributed by atoms with Crippen molar-refractivity contribution in [2.24, 2.45) is 5.92 Å². The number of rotatable bonds is 5. The molecule has 0 bridgehead atoms. The molecule has 3 atom stereocenters. The monoisotopic (exact) mass is 444 g/mol. The number of hydrogen-bond acceptors (Lipinski definition) is 5. The Morgan fingerprint density at radius 1 is 1.26 bits per heavy atom. The van der Waals surface area contributed by atoms with E-state index in [4.69, 9.17) is 4.42 Å². The normalized spacial score (nSPS) is 27.2. The number of carbonyl (C=O) groups excluding carboxylic acids is 1. The van der Waals surface area contributed by atoms with E-state index in [0.717, 1.165) is 5.56 Å². The van der Waals surface area contributed by atoms with Gasteiger partial charge < -0.3 is 14.4 Å². The van der Waals surface area contributed by atoms with E-state index >= 15 is 0 Å². The van der Waals surface area contributed by atoms with Gasteiger partial charge in [-0.15, -0.1) is 0 Å². The highest BCUT2D eigenvalue weighted by atomic mass is 32.2. The quantitative estimate of drug-likeness (QED) is 0.716. The van der Waals surface area contributed by atoms with Crippen LogP contribution in [0.1, 0.15) is 31.2 Å². The Hall–Kier alpha value is -2.42. The number of carbonyl (C=O) groups is 1.